The zero-order chi connectivity index (χ0) is 18.8. The fourth-order valence-electron chi connectivity index (χ4n) is 3.15. The van der Waals surface area contributed by atoms with Crippen LogP contribution >= 0.6 is 0 Å². The van der Waals surface area contributed by atoms with E-state index >= 15 is 0 Å². The molecule has 1 heterocycles. The van der Waals surface area contributed by atoms with Gasteiger partial charge in [-0.05, 0) is 24.3 Å². The number of benzene rings is 3. The molecule has 0 atom stereocenters. The van der Waals surface area contributed by atoms with E-state index in [-0.39, 0.29) is 5.56 Å². The van der Waals surface area contributed by atoms with E-state index in [1.165, 1.54) is 18.2 Å². The van der Waals surface area contributed by atoms with E-state index in [4.69, 9.17) is 9.47 Å². The molecule has 0 amide bonds. The number of ether oxygens (including phenoxy) is 2. The summed E-state index contributed by atoms with van der Waals surface area (Å²) in [5.41, 5.74) is 1.23. The van der Waals surface area contributed by atoms with Crippen molar-refractivity contribution < 1.29 is 23.5 Å². The molecule has 0 saturated heterocycles. The van der Waals surface area contributed by atoms with Crippen molar-refractivity contribution in [3.63, 3.8) is 0 Å². The highest BCUT2D eigenvalue weighted by Crippen LogP contribution is 2.44. The monoisotopic (exact) mass is 362 g/mol. The largest absolute Gasteiger partial charge is 0.457 e. The molecule has 0 saturated carbocycles. The summed E-state index contributed by atoms with van der Waals surface area (Å²) in [6.07, 6.45) is 0. The van der Waals surface area contributed by atoms with Gasteiger partial charge in [0.1, 0.15) is 23.2 Å². The molecular weight excluding hydrogens is 347 g/mol. The fraction of sp³-hybridized carbons (Fsp3) is 0.0909. The first-order chi connectivity index (χ1) is 13.1. The lowest BCUT2D eigenvalue weighted by atomic mass is 9.88. The summed E-state index contributed by atoms with van der Waals surface area (Å²) in [7, 11) is 0. The van der Waals surface area contributed by atoms with Gasteiger partial charge in [0.2, 0.25) is 5.78 Å². The van der Waals surface area contributed by atoms with Crippen LogP contribution in [0.3, 0.4) is 0 Å². The average molecular weight is 362 g/mol. The molecule has 0 spiro atoms. The van der Waals surface area contributed by atoms with Crippen molar-refractivity contribution in [2.45, 2.75) is 5.92 Å². The van der Waals surface area contributed by atoms with Gasteiger partial charge in [0.05, 0.1) is 5.56 Å². The van der Waals surface area contributed by atoms with Gasteiger partial charge in [-0.1, -0.05) is 48.5 Å². The molecular formula is C22H15FO4. The third-order valence-electron chi connectivity index (χ3n) is 4.44. The van der Waals surface area contributed by atoms with E-state index < -0.39 is 30.1 Å². The normalized spacial score (nSPS) is 12.5. The standard InChI is InChI=1S/C22H15FO4/c23-17-10-4-1-7-14(17)18(24)13-26-22(25)21-15-8-2-5-11-19(15)27-20-12-6-3-9-16(20)21/h1-12,21H,13H2. The fourth-order valence-corrected chi connectivity index (χ4v) is 3.15. The molecule has 1 aliphatic heterocycles. The van der Waals surface area contributed by atoms with Crippen molar-refractivity contribution in [3.05, 3.63) is 95.3 Å². The van der Waals surface area contributed by atoms with Gasteiger partial charge >= 0.3 is 5.97 Å². The van der Waals surface area contributed by atoms with Crippen LogP contribution in [-0.4, -0.2) is 18.4 Å². The lowest BCUT2D eigenvalue weighted by molar-refractivity contribution is -0.143. The summed E-state index contributed by atoms with van der Waals surface area (Å²) in [5, 5.41) is 0. The number of halogens is 1. The summed E-state index contributed by atoms with van der Waals surface area (Å²) < 4.78 is 24.8. The zero-order valence-corrected chi connectivity index (χ0v) is 14.2. The summed E-state index contributed by atoms with van der Waals surface area (Å²) in [6.45, 7) is -0.526. The Morgan fingerprint density at radius 2 is 1.41 bits per heavy atom. The van der Waals surface area contributed by atoms with Crippen molar-refractivity contribution >= 4 is 11.8 Å². The van der Waals surface area contributed by atoms with Crippen LogP contribution in [0.25, 0.3) is 0 Å². The van der Waals surface area contributed by atoms with Gasteiger partial charge in [-0.25, -0.2) is 4.39 Å². The van der Waals surface area contributed by atoms with Crippen molar-refractivity contribution in [2.24, 2.45) is 0 Å². The molecule has 0 aromatic heterocycles. The minimum absolute atomic E-state index is 0.0990. The van der Waals surface area contributed by atoms with Gasteiger partial charge in [0, 0.05) is 11.1 Å². The molecule has 5 heteroatoms. The maximum Gasteiger partial charge on any atom is 0.318 e. The second-order valence-corrected chi connectivity index (χ2v) is 6.12. The number of hydrogen-bond acceptors (Lipinski definition) is 4. The number of hydrogen-bond donors (Lipinski definition) is 0. The summed E-state index contributed by atoms with van der Waals surface area (Å²) in [4.78, 5) is 25.0. The Kier molecular flexibility index (Phi) is 4.42. The van der Waals surface area contributed by atoms with E-state index in [0.29, 0.717) is 22.6 Å². The Morgan fingerprint density at radius 3 is 2.04 bits per heavy atom. The Bertz CT molecular complexity index is 983. The van der Waals surface area contributed by atoms with Crippen molar-refractivity contribution in [1.82, 2.24) is 0 Å². The van der Waals surface area contributed by atoms with Crippen molar-refractivity contribution in [1.29, 1.82) is 0 Å². The predicted molar refractivity (Wildman–Crippen MR) is 96.5 cm³/mol. The molecule has 0 radical (unpaired) electrons. The van der Waals surface area contributed by atoms with Gasteiger partial charge in [0.25, 0.3) is 0 Å². The number of rotatable bonds is 4. The van der Waals surface area contributed by atoms with Gasteiger partial charge in [-0.2, -0.15) is 0 Å². The maximum atomic E-state index is 13.7. The molecule has 0 bridgehead atoms. The Hall–Kier alpha value is -3.47. The molecule has 4 nitrogen and oxygen atoms in total. The van der Waals surface area contributed by atoms with Gasteiger partial charge in [-0.3, -0.25) is 9.59 Å². The van der Waals surface area contributed by atoms with Crippen LogP contribution in [0.15, 0.2) is 72.8 Å². The summed E-state index contributed by atoms with van der Waals surface area (Å²) in [6, 6.07) is 20.0. The number of para-hydroxylation sites is 2. The lowest BCUT2D eigenvalue weighted by Gasteiger charge is -2.26. The van der Waals surface area contributed by atoms with Crippen LogP contribution < -0.4 is 4.74 Å². The highest BCUT2D eigenvalue weighted by molar-refractivity contribution is 5.98. The maximum absolute atomic E-state index is 13.7. The first-order valence-electron chi connectivity index (χ1n) is 8.45. The average Bonchev–Trinajstić information content (AvgIpc) is 2.70. The molecule has 3 aromatic rings. The topological polar surface area (TPSA) is 52.6 Å². The number of Topliss-reactive ketones (excluding diaryl/α,β-unsaturated/α-hetero) is 1. The summed E-state index contributed by atoms with van der Waals surface area (Å²) in [5.74, 6) is -1.38. The molecule has 0 unspecified atom stereocenters. The quantitative estimate of drug-likeness (QED) is 0.507. The number of carbonyl (C=O) groups excluding carboxylic acids is 2. The van der Waals surface area contributed by atoms with Crippen LogP contribution in [0.4, 0.5) is 4.39 Å². The van der Waals surface area contributed by atoms with Gasteiger partial charge in [-0.15, -0.1) is 0 Å². The van der Waals surface area contributed by atoms with E-state index in [9.17, 15) is 14.0 Å². The molecule has 27 heavy (non-hydrogen) atoms. The van der Waals surface area contributed by atoms with Gasteiger partial charge < -0.3 is 9.47 Å². The SMILES string of the molecule is O=C(COC(=O)C1c2ccccc2Oc2ccccc21)c1ccccc1F. The van der Waals surface area contributed by atoms with Crippen LogP contribution in [0, 0.1) is 5.82 Å². The molecule has 0 aliphatic carbocycles. The first-order valence-corrected chi connectivity index (χ1v) is 8.45. The third kappa shape index (κ3) is 3.19. The third-order valence-corrected chi connectivity index (χ3v) is 4.44. The number of esters is 1. The van der Waals surface area contributed by atoms with Crippen molar-refractivity contribution in [3.8, 4) is 11.5 Å². The molecule has 134 valence electrons. The molecule has 4 rings (SSSR count). The second kappa shape index (κ2) is 7.03. The van der Waals surface area contributed by atoms with Crippen LogP contribution in [0.5, 0.6) is 11.5 Å². The first kappa shape index (κ1) is 17.0. The van der Waals surface area contributed by atoms with Crippen LogP contribution in [0.1, 0.15) is 27.4 Å². The Balaban J connectivity index is 1.59. The number of ketones is 1. The smallest absolute Gasteiger partial charge is 0.318 e. The number of fused-ring (bicyclic) bond motifs is 2. The Morgan fingerprint density at radius 1 is 0.852 bits per heavy atom. The number of carbonyl (C=O) groups is 2. The van der Waals surface area contributed by atoms with Crippen LogP contribution in [-0.2, 0) is 9.53 Å². The van der Waals surface area contributed by atoms with Crippen molar-refractivity contribution in [2.75, 3.05) is 6.61 Å². The predicted octanol–water partition coefficient (Wildman–Crippen LogP) is 4.49. The molecule has 1 aliphatic rings. The van der Waals surface area contributed by atoms with E-state index in [1.807, 2.05) is 12.1 Å². The second-order valence-electron chi connectivity index (χ2n) is 6.12. The van der Waals surface area contributed by atoms with E-state index in [2.05, 4.69) is 0 Å². The molecule has 0 fully saturated rings. The highest BCUT2D eigenvalue weighted by Gasteiger charge is 2.34. The summed E-state index contributed by atoms with van der Waals surface area (Å²) >= 11 is 0. The molecule has 0 N–H and O–H groups in total. The molecule has 3 aromatic carbocycles. The minimum atomic E-state index is -0.709. The van der Waals surface area contributed by atoms with E-state index in [0.717, 1.165) is 0 Å². The van der Waals surface area contributed by atoms with Crippen LogP contribution in [0.2, 0.25) is 0 Å². The minimum Gasteiger partial charge on any atom is -0.457 e. The lowest BCUT2D eigenvalue weighted by Crippen LogP contribution is -2.24. The zero-order valence-electron chi connectivity index (χ0n) is 14.2. The van der Waals surface area contributed by atoms with Gasteiger partial charge in [0.15, 0.2) is 6.61 Å². The Labute approximate surface area is 155 Å². The highest BCUT2D eigenvalue weighted by atomic mass is 19.1. The van der Waals surface area contributed by atoms with E-state index in [1.54, 1.807) is 42.5 Å².